The van der Waals surface area contributed by atoms with E-state index in [2.05, 4.69) is 0 Å². The van der Waals surface area contributed by atoms with E-state index >= 15 is 0 Å². The minimum Gasteiger partial charge on any atom is -0.464 e. The lowest BCUT2D eigenvalue weighted by molar-refractivity contribution is -0.170. The summed E-state index contributed by atoms with van der Waals surface area (Å²) >= 11 is 0. The van der Waals surface area contributed by atoms with Crippen molar-refractivity contribution in [1.29, 1.82) is 0 Å². The molecule has 1 aliphatic rings. The second-order valence-corrected chi connectivity index (χ2v) is 4.91. The first-order valence-electron chi connectivity index (χ1n) is 6.48. The van der Waals surface area contributed by atoms with E-state index in [1.807, 2.05) is 0 Å². The van der Waals surface area contributed by atoms with Gasteiger partial charge in [0.15, 0.2) is 5.60 Å². The Morgan fingerprint density at radius 3 is 2.25 bits per heavy atom. The largest absolute Gasteiger partial charge is 0.464 e. The van der Waals surface area contributed by atoms with Crippen LogP contribution in [-0.4, -0.2) is 23.3 Å². The van der Waals surface area contributed by atoms with Crippen molar-refractivity contribution >= 4 is 5.97 Å². The molecule has 16 heavy (non-hydrogen) atoms. The van der Waals surface area contributed by atoms with Crippen LogP contribution in [0.4, 0.5) is 0 Å². The van der Waals surface area contributed by atoms with E-state index in [1.54, 1.807) is 13.8 Å². The standard InChI is InChI=1S/C13H24O3/c1-3-16-12(14)13(2,15)11-9-7-5-4-6-8-10-11/h11,15H,3-10H2,1-2H3. The van der Waals surface area contributed by atoms with Gasteiger partial charge in [-0.1, -0.05) is 32.1 Å². The van der Waals surface area contributed by atoms with Gasteiger partial charge in [0, 0.05) is 0 Å². The molecule has 0 amide bonds. The summed E-state index contributed by atoms with van der Waals surface area (Å²) < 4.78 is 4.94. The number of rotatable bonds is 3. The molecule has 1 fully saturated rings. The van der Waals surface area contributed by atoms with Gasteiger partial charge >= 0.3 is 5.97 Å². The van der Waals surface area contributed by atoms with Crippen molar-refractivity contribution < 1.29 is 14.6 Å². The molecule has 0 saturated heterocycles. The molecule has 0 heterocycles. The van der Waals surface area contributed by atoms with E-state index in [4.69, 9.17) is 4.74 Å². The zero-order chi connectivity index (χ0) is 12.0. The summed E-state index contributed by atoms with van der Waals surface area (Å²) in [6, 6.07) is 0. The van der Waals surface area contributed by atoms with Crippen LogP contribution in [0.3, 0.4) is 0 Å². The van der Waals surface area contributed by atoms with Crippen LogP contribution < -0.4 is 0 Å². The third kappa shape index (κ3) is 3.48. The molecule has 1 saturated carbocycles. The van der Waals surface area contributed by atoms with Crippen LogP contribution in [0.25, 0.3) is 0 Å². The highest BCUT2D eigenvalue weighted by Crippen LogP contribution is 2.31. The molecule has 0 spiro atoms. The lowest BCUT2D eigenvalue weighted by Crippen LogP contribution is -2.44. The molecule has 1 aliphatic carbocycles. The van der Waals surface area contributed by atoms with Crippen LogP contribution in [0.5, 0.6) is 0 Å². The van der Waals surface area contributed by atoms with Gasteiger partial charge in [0.2, 0.25) is 0 Å². The SMILES string of the molecule is CCOC(=O)C(C)(O)C1CCCCCCC1. The van der Waals surface area contributed by atoms with Gasteiger partial charge in [-0.2, -0.15) is 0 Å². The number of aliphatic hydroxyl groups is 1. The van der Waals surface area contributed by atoms with Crippen molar-refractivity contribution in [2.75, 3.05) is 6.61 Å². The molecule has 1 rings (SSSR count). The summed E-state index contributed by atoms with van der Waals surface area (Å²) in [7, 11) is 0. The summed E-state index contributed by atoms with van der Waals surface area (Å²) in [6.45, 7) is 3.71. The van der Waals surface area contributed by atoms with E-state index in [9.17, 15) is 9.90 Å². The minimum absolute atomic E-state index is 0.0619. The molecule has 3 nitrogen and oxygen atoms in total. The zero-order valence-electron chi connectivity index (χ0n) is 10.5. The van der Waals surface area contributed by atoms with Crippen molar-refractivity contribution in [3.05, 3.63) is 0 Å². The fraction of sp³-hybridized carbons (Fsp3) is 0.923. The lowest BCUT2D eigenvalue weighted by Gasteiger charge is -2.32. The van der Waals surface area contributed by atoms with E-state index in [-0.39, 0.29) is 5.92 Å². The third-order valence-corrected chi connectivity index (χ3v) is 3.59. The number of hydrogen-bond acceptors (Lipinski definition) is 3. The molecule has 1 atom stereocenters. The summed E-state index contributed by atoms with van der Waals surface area (Å²) in [5, 5.41) is 10.3. The second-order valence-electron chi connectivity index (χ2n) is 4.91. The van der Waals surface area contributed by atoms with Crippen LogP contribution in [0.1, 0.15) is 58.8 Å². The summed E-state index contributed by atoms with van der Waals surface area (Å²) in [5.41, 5.74) is -1.30. The molecule has 0 radical (unpaired) electrons. The van der Waals surface area contributed by atoms with Crippen LogP contribution in [0.15, 0.2) is 0 Å². The zero-order valence-corrected chi connectivity index (χ0v) is 10.5. The Morgan fingerprint density at radius 1 is 1.25 bits per heavy atom. The molecular formula is C13H24O3. The van der Waals surface area contributed by atoms with Gasteiger partial charge in [0.1, 0.15) is 0 Å². The third-order valence-electron chi connectivity index (χ3n) is 3.59. The van der Waals surface area contributed by atoms with Gasteiger partial charge in [-0.15, -0.1) is 0 Å². The fourth-order valence-corrected chi connectivity index (χ4v) is 2.46. The summed E-state index contributed by atoms with van der Waals surface area (Å²) in [4.78, 5) is 11.7. The number of esters is 1. The highest BCUT2D eigenvalue weighted by Gasteiger charge is 2.40. The van der Waals surface area contributed by atoms with Gasteiger partial charge in [-0.25, -0.2) is 4.79 Å². The minimum atomic E-state index is -1.30. The highest BCUT2D eigenvalue weighted by atomic mass is 16.5. The predicted octanol–water partition coefficient (Wildman–Crippen LogP) is 2.66. The topological polar surface area (TPSA) is 46.5 Å². The average Bonchev–Trinajstić information content (AvgIpc) is 2.16. The highest BCUT2D eigenvalue weighted by molar-refractivity contribution is 5.79. The monoisotopic (exact) mass is 228 g/mol. The molecule has 1 unspecified atom stereocenters. The van der Waals surface area contributed by atoms with E-state index < -0.39 is 11.6 Å². The second kappa shape index (κ2) is 6.24. The molecule has 1 N–H and O–H groups in total. The van der Waals surface area contributed by atoms with Gasteiger partial charge in [0.25, 0.3) is 0 Å². The molecule has 3 heteroatoms. The summed E-state index contributed by atoms with van der Waals surface area (Å²) in [6.07, 6.45) is 7.82. The van der Waals surface area contributed by atoms with Crippen LogP contribution >= 0.6 is 0 Å². The summed E-state index contributed by atoms with van der Waals surface area (Å²) in [5.74, 6) is -0.396. The van der Waals surface area contributed by atoms with Crippen molar-refractivity contribution in [3.63, 3.8) is 0 Å². The van der Waals surface area contributed by atoms with Crippen LogP contribution in [0, 0.1) is 5.92 Å². The smallest absolute Gasteiger partial charge is 0.338 e. The number of ether oxygens (including phenoxy) is 1. The van der Waals surface area contributed by atoms with Gasteiger partial charge in [-0.05, 0) is 32.6 Å². The molecule has 0 aromatic rings. The Morgan fingerprint density at radius 2 is 1.75 bits per heavy atom. The van der Waals surface area contributed by atoms with Crippen LogP contribution in [0.2, 0.25) is 0 Å². The maximum Gasteiger partial charge on any atom is 0.338 e. The maximum atomic E-state index is 11.7. The average molecular weight is 228 g/mol. The first-order chi connectivity index (χ1) is 7.59. The number of carbonyl (C=O) groups is 1. The first kappa shape index (κ1) is 13.5. The molecule has 0 aromatic carbocycles. The fourth-order valence-electron chi connectivity index (χ4n) is 2.46. The van der Waals surface area contributed by atoms with Gasteiger partial charge in [0.05, 0.1) is 6.61 Å². The number of carbonyl (C=O) groups excluding carboxylic acids is 1. The Labute approximate surface area is 98.2 Å². The predicted molar refractivity (Wildman–Crippen MR) is 63.1 cm³/mol. The Bertz CT molecular complexity index is 215. The van der Waals surface area contributed by atoms with Crippen molar-refractivity contribution in [3.8, 4) is 0 Å². The number of hydrogen-bond donors (Lipinski definition) is 1. The van der Waals surface area contributed by atoms with Gasteiger partial charge < -0.3 is 9.84 Å². The Kier molecular flexibility index (Phi) is 5.26. The Balaban J connectivity index is 2.59. The molecular weight excluding hydrogens is 204 g/mol. The quantitative estimate of drug-likeness (QED) is 0.755. The van der Waals surface area contributed by atoms with E-state index in [0.29, 0.717) is 6.61 Å². The van der Waals surface area contributed by atoms with Crippen molar-refractivity contribution in [1.82, 2.24) is 0 Å². The van der Waals surface area contributed by atoms with Crippen molar-refractivity contribution in [2.45, 2.75) is 64.4 Å². The van der Waals surface area contributed by atoms with Gasteiger partial charge in [-0.3, -0.25) is 0 Å². The molecule has 0 aromatic heterocycles. The van der Waals surface area contributed by atoms with Crippen LogP contribution in [-0.2, 0) is 9.53 Å². The maximum absolute atomic E-state index is 11.7. The van der Waals surface area contributed by atoms with Crippen molar-refractivity contribution in [2.24, 2.45) is 5.92 Å². The molecule has 0 bridgehead atoms. The molecule has 0 aliphatic heterocycles. The first-order valence-corrected chi connectivity index (χ1v) is 6.48. The van der Waals surface area contributed by atoms with E-state index in [0.717, 1.165) is 25.7 Å². The normalized spacial score (nSPS) is 22.9. The van der Waals surface area contributed by atoms with E-state index in [1.165, 1.54) is 19.3 Å². The molecule has 94 valence electrons. The lowest BCUT2D eigenvalue weighted by atomic mass is 9.79. The Hall–Kier alpha value is -0.570.